The SMILES string of the molecule is Cc1cc(F)ccc1CNCc1ccc(F)c(F)c1. The van der Waals surface area contributed by atoms with Crippen LogP contribution in [-0.2, 0) is 13.1 Å². The Morgan fingerprint density at radius 1 is 0.895 bits per heavy atom. The second kappa shape index (κ2) is 5.89. The minimum absolute atomic E-state index is 0.262. The minimum Gasteiger partial charge on any atom is -0.309 e. The topological polar surface area (TPSA) is 12.0 Å². The summed E-state index contributed by atoms with van der Waals surface area (Å²) < 4.78 is 38.7. The van der Waals surface area contributed by atoms with Gasteiger partial charge < -0.3 is 5.32 Å². The number of aryl methyl sites for hydroxylation is 1. The van der Waals surface area contributed by atoms with Crippen LogP contribution < -0.4 is 5.32 Å². The maximum atomic E-state index is 13.0. The predicted molar refractivity (Wildman–Crippen MR) is 68.0 cm³/mol. The van der Waals surface area contributed by atoms with E-state index in [2.05, 4.69) is 5.32 Å². The van der Waals surface area contributed by atoms with Gasteiger partial charge >= 0.3 is 0 Å². The molecule has 0 amide bonds. The summed E-state index contributed by atoms with van der Waals surface area (Å²) in [6, 6.07) is 8.39. The summed E-state index contributed by atoms with van der Waals surface area (Å²) in [5, 5.41) is 3.11. The van der Waals surface area contributed by atoms with Crippen LogP contribution in [0.25, 0.3) is 0 Å². The van der Waals surface area contributed by atoms with Crippen molar-refractivity contribution < 1.29 is 13.2 Å². The van der Waals surface area contributed by atoms with Gasteiger partial charge in [0.2, 0.25) is 0 Å². The van der Waals surface area contributed by atoms with Crippen LogP contribution in [0.5, 0.6) is 0 Å². The second-order valence-electron chi connectivity index (χ2n) is 4.42. The lowest BCUT2D eigenvalue weighted by atomic mass is 10.1. The van der Waals surface area contributed by atoms with Crippen LogP contribution in [-0.4, -0.2) is 0 Å². The maximum absolute atomic E-state index is 13.0. The molecule has 1 N–H and O–H groups in total. The van der Waals surface area contributed by atoms with E-state index in [4.69, 9.17) is 0 Å². The number of hydrogen-bond donors (Lipinski definition) is 1. The summed E-state index contributed by atoms with van der Waals surface area (Å²) in [6.07, 6.45) is 0. The van der Waals surface area contributed by atoms with Gasteiger partial charge in [-0.05, 0) is 47.9 Å². The van der Waals surface area contributed by atoms with E-state index in [1.54, 1.807) is 6.07 Å². The van der Waals surface area contributed by atoms with Crippen LogP contribution in [0, 0.1) is 24.4 Å². The molecule has 2 aromatic carbocycles. The van der Waals surface area contributed by atoms with Crippen molar-refractivity contribution in [3.05, 3.63) is 70.5 Å². The summed E-state index contributed by atoms with van der Waals surface area (Å²) in [5.74, 6) is -1.96. The van der Waals surface area contributed by atoms with Gasteiger partial charge in [0, 0.05) is 13.1 Å². The van der Waals surface area contributed by atoms with E-state index in [0.717, 1.165) is 17.2 Å². The van der Waals surface area contributed by atoms with Crippen LogP contribution in [0.4, 0.5) is 13.2 Å². The first-order valence-electron chi connectivity index (χ1n) is 5.96. The van der Waals surface area contributed by atoms with Gasteiger partial charge in [-0.2, -0.15) is 0 Å². The van der Waals surface area contributed by atoms with Gasteiger partial charge in [0.1, 0.15) is 5.82 Å². The number of hydrogen-bond acceptors (Lipinski definition) is 1. The Balaban J connectivity index is 1.94. The largest absolute Gasteiger partial charge is 0.309 e. The molecular formula is C15H14F3N. The first kappa shape index (κ1) is 13.6. The molecule has 4 heteroatoms. The van der Waals surface area contributed by atoms with E-state index in [1.165, 1.54) is 24.3 Å². The molecule has 2 aromatic rings. The zero-order valence-electron chi connectivity index (χ0n) is 10.5. The first-order chi connectivity index (χ1) is 9.06. The molecule has 0 aromatic heterocycles. The van der Waals surface area contributed by atoms with Crippen molar-refractivity contribution in [3.63, 3.8) is 0 Å². The smallest absolute Gasteiger partial charge is 0.159 e. The van der Waals surface area contributed by atoms with Crippen molar-refractivity contribution in [2.75, 3.05) is 0 Å². The van der Waals surface area contributed by atoms with E-state index in [9.17, 15) is 13.2 Å². The third-order valence-corrected chi connectivity index (χ3v) is 2.93. The zero-order chi connectivity index (χ0) is 13.8. The van der Waals surface area contributed by atoms with Crippen molar-refractivity contribution in [3.8, 4) is 0 Å². The van der Waals surface area contributed by atoms with Gasteiger partial charge in [-0.3, -0.25) is 0 Å². The molecule has 0 radical (unpaired) electrons. The van der Waals surface area contributed by atoms with Gasteiger partial charge in [0.05, 0.1) is 0 Å². The fourth-order valence-corrected chi connectivity index (χ4v) is 1.85. The lowest BCUT2D eigenvalue weighted by Crippen LogP contribution is -2.13. The van der Waals surface area contributed by atoms with Crippen molar-refractivity contribution in [1.29, 1.82) is 0 Å². The molecule has 0 aliphatic carbocycles. The Morgan fingerprint density at radius 3 is 2.37 bits per heavy atom. The molecule has 0 unspecified atom stereocenters. The summed E-state index contributed by atoms with van der Waals surface area (Å²) in [4.78, 5) is 0. The normalized spacial score (nSPS) is 10.7. The molecule has 2 rings (SSSR count). The minimum atomic E-state index is -0.850. The first-order valence-corrected chi connectivity index (χ1v) is 5.96. The Morgan fingerprint density at radius 2 is 1.68 bits per heavy atom. The fraction of sp³-hybridized carbons (Fsp3) is 0.200. The molecule has 0 saturated carbocycles. The van der Waals surface area contributed by atoms with E-state index in [-0.39, 0.29) is 5.82 Å². The Hall–Kier alpha value is -1.81. The highest BCUT2D eigenvalue weighted by molar-refractivity contribution is 5.26. The molecule has 0 aliphatic heterocycles. The van der Waals surface area contributed by atoms with E-state index in [0.29, 0.717) is 18.7 Å². The van der Waals surface area contributed by atoms with Crippen molar-refractivity contribution >= 4 is 0 Å². The highest BCUT2D eigenvalue weighted by Gasteiger charge is 2.03. The van der Waals surface area contributed by atoms with Gasteiger partial charge in [-0.15, -0.1) is 0 Å². The third kappa shape index (κ3) is 3.58. The van der Waals surface area contributed by atoms with Crippen molar-refractivity contribution in [2.24, 2.45) is 0 Å². The van der Waals surface area contributed by atoms with E-state index < -0.39 is 11.6 Å². The Kier molecular flexibility index (Phi) is 4.22. The average molecular weight is 265 g/mol. The quantitative estimate of drug-likeness (QED) is 0.888. The Bertz CT molecular complexity index is 582. The molecule has 0 fully saturated rings. The fourth-order valence-electron chi connectivity index (χ4n) is 1.85. The van der Waals surface area contributed by atoms with Gasteiger partial charge in [0.25, 0.3) is 0 Å². The van der Waals surface area contributed by atoms with Crippen molar-refractivity contribution in [1.82, 2.24) is 5.32 Å². The summed E-state index contributed by atoms with van der Waals surface area (Å²) in [7, 11) is 0. The van der Waals surface area contributed by atoms with E-state index in [1.807, 2.05) is 6.92 Å². The highest BCUT2D eigenvalue weighted by Crippen LogP contribution is 2.11. The van der Waals surface area contributed by atoms with Crippen LogP contribution in [0.3, 0.4) is 0 Å². The summed E-state index contributed by atoms with van der Waals surface area (Å²) in [6.45, 7) is 2.80. The third-order valence-electron chi connectivity index (χ3n) is 2.93. The molecule has 1 nitrogen and oxygen atoms in total. The average Bonchev–Trinajstić information content (AvgIpc) is 2.36. The summed E-state index contributed by atoms with van der Waals surface area (Å²) >= 11 is 0. The zero-order valence-corrected chi connectivity index (χ0v) is 10.5. The molecule has 0 saturated heterocycles. The maximum Gasteiger partial charge on any atom is 0.159 e. The number of benzene rings is 2. The molecule has 0 spiro atoms. The molecular weight excluding hydrogens is 251 g/mol. The molecule has 0 bridgehead atoms. The van der Waals surface area contributed by atoms with Crippen LogP contribution in [0.1, 0.15) is 16.7 Å². The second-order valence-corrected chi connectivity index (χ2v) is 4.42. The van der Waals surface area contributed by atoms with Crippen LogP contribution >= 0.6 is 0 Å². The molecule has 0 aliphatic rings. The lowest BCUT2D eigenvalue weighted by molar-refractivity contribution is 0.506. The molecule has 100 valence electrons. The number of halogens is 3. The van der Waals surface area contributed by atoms with Gasteiger partial charge in [0.15, 0.2) is 11.6 Å². The Labute approximate surface area is 110 Å². The number of rotatable bonds is 4. The van der Waals surface area contributed by atoms with Crippen LogP contribution in [0.15, 0.2) is 36.4 Å². The van der Waals surface area contributed by atoms with Crippen molar-refractivity contribution in [2.45, 2.75) is 20.0 Å². The highest BCUT2D eigenvalue weighted by atomic mass is 19.2. The monoisotopic (exact) mass is 265 g/mol. The van der Waals surface area contributed by atoms with Crippen LogP contribution in [0.2, 0.25) is 0 Å². The molecule has 19 heavy (non-hydrogen) atoms. The molecule has 0 atom stereocenters. The molecule has 0 heterocycles. The standard InChI is InChI=1S/C15H14F3N/c1-10-6-13(16)4-3-12(10)9-19-8-11-2-5-14(17)15(18)7-11/h2-7,19H,8-9H2,1H3. The van der Waals surface area contributed by atoms with Gasteiger partial charge in [-0.1, -0.05) is 12.1 Å². The predicted octanol–water partition coefficient (Wildman–Crippen LogP) is 3.70. The van der Waals surface area contributed by atoms with Gasteiger partial charge in [-0.25, -0.2) is 13.2 Å². The number of nitrogens with one attached hydrogen (secondary N) is 1. The summed E-state index contributed by atoms with van der Waals surface area (Å²) in [5.41, 5.74) is 2.50. The van der Waals surface area contributed by atoms with E-state index >= 15 is 0 Å². The lowest BCUT2D eigenvalue weighted by Gasteiger charge is -2.08.